The van der Waals surface area contributed by atoms with Crippen molar-refractivity contribution in [1.29, 1.82) is 0 Å². The molecule has 0 aromatic carbocycles. The Hall–Kier alpha value is -1.10. The minimum atomic E-state index is -0.208. The molecule has 0 aromatic heterocycles. The van der Waals surface area contributed by atoms with Crippen molar-refractivity contribution in [2.45, 2.75) is 124 Å². The van der Waals surface area contributed by atoms with Gasteiger partial charge >= 0.3 is 11.9 Å². The van der Waals surface area contributed by atoms with Crippen molar-refractivity contribution in [3.05, 3.63) is 0 Å². The summed E-state index contributed by atoms with van der Waals surface area (Å²) < 4.78 is 11.5. The van der Waals surface area contributed by atoms with Crippen molar-refractivity contribution in [2.75, 3.05) is 0 Å². The first-order valence-electron chi connectivity index (χ1n) is 14.0. The molecular formula is C29H48O5. The summed E-state index contributed by atoms with van der Waals surface area (Å²) in [4.78, 5) is 24.3. The number of ether oxygens (including phenoxy) is 2. The van der Waals surface area contributed by atoms with Crippen molar-refractivity contribution in [1.82, 2.24) is 0 Å². The third-order valence-electron chi connectivity index (χ3n) is 10.9. The lowest BCUT2D eigenvalue weighted by molar-refractivity contribution is -0.194. The molecule has 0 radical (unpaired) electrons. The minimum absolute atomic E-state index is 0.0226. The Bertz CT molecular complexity index is 764. The number of aliphatic hydroxyl groups is 1. The molecule has 10 atom stereocenters. The lowest BCUT2D eigenvalue weighted by atomic mass is 9.43. The van der Waals surface area contributed by atoms with E-state index in [2.05, 4.69) is 20.8 Å². The highest BCUT2D eigenvalue weighted by Gasteiger charge is 2.63. The Morgan fingerprint density at radius 1 is 0.971 bits per heavy atom. The van der Waals surface area contributed by atoms with Crippen LogP contribution in [0.1, 0.15) is 106 Å². The number of carbonyl (C=O) groups is 2. The molecule has 4 rings (SSSR count). The van der Waals surface area contributed by atoms with Crippen molar-refractivity contribution in [3.63, 3.8) is 0 Å². The van der Waals surface area contributed by atoms with Crippen LogP contribution in [0, 0.1) is 46.3 Å². The van der Waals surface area contributed by atoms with Gasteiger partial charge < -0.3 is 14.6 Å². The van der Waals surface area contributed by atoms with E-state index >= 15 is 0 Å². The van der Waals surface area contributed by atoms with Gasteiger partial charge in [0.25, 0.3) is 0 Å². The summed E-state index contributed by atoms with van der Waals surface area (Å²) in [6.45, 7) is 12.7. The summed E-state index contributed by atoms with van der Waals surface area (Å²) in [6, 6.07) is 0. The fraction of sp³-hybridized carbons (Fsp3) is 0.931. The smallest absolute Gasteiger partial charge is 0.306 e. The SMILES string of the molecule is CC(=O)O[C@H]1C[C@@H]2C[C@H](O)CC[C@]2(C)[C@H]2CC[C@]3(C)[C@@H]([C@H](C)CCC(=O)OC(C)C)CC[C@H]3[C@H]12. The van der Waals surface area contributed by atoms with Gasteiger partial charge in [0.15, 0.2) is 0 Å². The second-order valence-corrected chi connectivity index (χ2v) is 13.1. The predicted octanol–water partition coefficient (Wildman–Crippen LogP) is 5.92. The Morgan fingerprint density at radius 3 is 2.32 bits per heavy atom. The van der Waals surface area contributed by atoms with Gasteiger partial charge in [-0.15, -0.1) is 0 Å². The first-order chi connectivity index (χ1) is 16.0. The Kier molecular flexibility index (Phi) is 7.45. The molecule has 0 spiro atoms. The Balaban J connectivity index is 1.54. The molecule has 0 aromatic rings. The summed E-state index contributed by atoms with van der Waals surface area (Å²) in [5.41, 5.74) is 0.477. The average Bonchev–Trinajstić information content (AvgIpc) is 3.09. The van der Waals surface area contributed by atoms with Gasteiger partial charge in [0, 0.05) is 19.3 Å². The highest BCUT2D eigenvalue weighted by Crippen LogP contribution is 2.68. The monoisotopic (exact) mass is 476 g/mol. The lowest BCUT2D eigenvalue weighted by Crippen LogP contribution is -2.59. The fourth-order valence-corrected chi connectivity index (χ4v) is 9.35. The number of esters is 2. The number of hydrogen-bond donors (Lipinski definition) is 1. The van der Waals surface area contributed by atoms with E-state index in [0.29, 0.717) is 41.9 Å². The van der Waals surface area contributed by atoms with Gasteiger partial charge in [0.05, 0.1) is 12.2 Å². The van der Waals surface area contributed by atoms with Gasteiger partial charge in [0.1, 0.15) is 6.10 Å². The van der Waals surface area contributed by atoms with Crippen LogP contribution < -0.4 is 0 Å². The maximum absolute atomic E-state index is 12.2. The van der Waals surface area contributed by atoms with Crippen molar-refractivity contribution in [2.24, 2.45) is 46.3 Å². The molecule has 0 heterocycles. The van der Waals surface area contributed by atoms with E-state index < -0.39 is 0 Å². The van der Waals surface area contributed by atoms with Gasteiger partial charge in [-0.05, 0) is 112 Å². The molecule has 1 N–H and O–H groups in total. The molecule has 0 saturated heterocycles. The molecule has 5 nitrogen and oxygen atoms in total. The van der Waals surface area contributed by atoms with E-state index in [-0.39, 0.29) is 41.1 Å². The van der Waals surface area contributed by atoms with Gasteiger partial charge in [-0.1, -0.05) is 20.8 Å². The Morgan fingerprint density at radius 2 is 1.65 bits per heavy atom. The van der Waals surface area contributed by atoms with Crippen molar-refractivity contribution in [3.8, 4) is 0 Å². The van der Waals surface area contributed by atoms with Crippen LogP contribution >= 0.6 is 0 Å². The second kappa shape index (κ2) is 9.75. The summed E-state index contributed by atoms with van der Waals surface area (Å²) in [5.74, 6) is 2.83. The van der Waals surface area contributed by atoms with Crippen LogP contribution in [0.4, 0.5) is 0 Å². The third-order valence-corrected chi connectivity index (χ3v) is 10.9. The third kappa shape index (κ3) is 4.67. The zero-order valence-electron chi connectivity index (χ0n) is 22.3. The molecule has 4 fully saturated rings. The molecule has 0 bridgehead atoms. The molecule has 0 unspecified atom stereocenters. The molecule has 4 saturated carbocycles. The van der Waals surface area contributed by atoms with Gasteiger partial charge in [-0.3, -0.25) is 9.59 Å². The second-order valence-electron chi connectivity index (χ2n) is 13.1. The largest absolute Gasteiger partial charge is 0.463 e. The number of fused-ring (bicyclic) bond motifs is 5. The highest BCUT2D eigenvalue weighted by molar-refractivity contribution is 5.69. The van der Waals surface area contributed by atoms with E-state index in [0.717, 1.165) is 32.1 Å². The fourth-order valence-electron chi connectivity index (χ4n) is 9.35. The summed E-state index contributed by atoms with van der Waals surface area (Å²) in [5, 5.41) is 10.4. The van der Waals surface area contributed by atoms with Crippen LogP contribution in [0.15, 0.2) is 0 Å². The number of rotatable bonds is 6. The lowest BCUT2D eigenvalue weighted by Gasteiger charge is -2.62. The molecule has 5 heteroatoms. The summed E-state index contributed by atoms with van der Waals surface area (Å²) in [7, 11) is 0. The number of carbonyl (C=O) groups excluding carboxylic acids is 2. The Labute approximate surface area is 206 Å². The first kappa shape index (κ1) is 26.0. The average molecular weight is 477 g/mol. The van der Waals surface area contributed by atoms with Gasteiger partial charge in [0.2, 0.25) is 0 Å². The normalized spacial score (nSPS) is 44.5. The zero-order chi connectivity index (χ0) is 24.8. The van der Waals surface area contributed by atoms with Crippen LogP contribution in [0.3, 0.4) is 0 Å². The van der Waals surface area contributed by atoms with Crippen molar-refractivity contribution >= 4 is 11.9 Å². The van der Waals surface area contributed by atoms with Crippen LogP contribution in [0.5, 0.6) is 0 Å². The van der Waals surface area contributed by atoms with E-state index in [1.807, 2.05) is 13.8 Å². The maximum atomic E-state index is 12.2. The molecule has 0 aliphatic heterocycles. The van der Waals surface area contributed by atoms with Crippen LogP contribution in [0.2, 0.25) is 0 Å². The van der Waals surface area contributed by atoms with Crippen LogP contribution in [-0.4, -0.2) is 35.4 Å². The molecule has 194 valence electrons. The molecule has 34 heavy (non-hydrogen) atoms. The number of hydrogen-bond acceptors (Lipinski definition) is 5. The van der Waals surface area contributed by atoms with Crippen molar-refractivity contribution < 1.29 is 24.2 Å². The minimum Gasteiger partial charge on any atom is -0.463 e. The van der Waals surface area contributed by atoms with Crippen LogP contribution in [0.25, 0.3) is 0 Å². The van der Waals surface area contributed by atoms with E-state index in [1.165, 1.54) is 25.7 Å². The summed E-state index contributed by atoms with van der Waals surface area (Å²) in [6.07, 6.45) is 9.68. The molecule has 4 aliphatic carbocycles. The standard InChI is InChI=1S/C29H48O5/c1-17(2)33-26(32)10-7-18(3)22-8-9-23-27-24(12-14-29(22,23)6)28(5)13-11-21(31)15-20(28)16-25(27)34-19(4)30/h17-18,20-25,27,31H,7-16H2,1-6H3/t18-,20+,21-,22-,23+,24+,25+,27+,28+,29-/m1/s1. The summed E-state index contributed by atoms with van der Waals surface area (Å²) >= 11 is 0. The molecule has 4 aliphatic rings. The first-order valence-corrected chi connectivity index (χ1v) is 14.0. The van der Waals surface area contributed by atoms with Gasteiger partial charge in [-0.25, -0.2) is 0 Å². The maximum Gasteiger partial charge on any atom is 0.306 e. The zero-order valence-corrected chi connectivity index (χ0v) is 22.3. The quantitative estimate of drug-likeness (QED) is 0.482. The van der Waals surface area contributed by atoms with Crippen LogP contribution in [-0.2, 0) is 19.1 Å². The van der Waals surface area contributed by atoms with Gasteiger partial charge in [-0.2, -0.15) is 0 Å². The van der Waals surface area contributed by atoms with E-state index in [1.54, 1.807) is 6.92 Å². The molecular weight excluding hydrogens is 428 g/mol. The number of aliphatic hydroxyl groups excluding tert-OH is 1. The van der Waals surface area contributed by atoms with E-state index in [4.69, 9.17) is 9.47 Å². The topological polar surface area (TPSA) is 72.8 Å². The molecule has 0 amide bonds. The van der Waals surface area contributed by atoms with E-state index in [9.17, 15) is 14.7 Å². The highest BCUT2D eigenvalue weighted by atomic mass is 16.5. The predicted molar refractivity (Wildman–Crippen MR) is 132 cm³/mol.